The predicted molar refractivity (Wildman–Crippen MR) is 39.5 cm³/mol. The Bertz CT molecular complexity index is 148. The maximum Gasteiger partial charge on any atom is 0.0611 e. The van der Waals surface area contributed by atoms with Crippen molar-refractivity contribution in [3.8, 4) is 0 Å². The van der Waals surface area contributed by atoms with Crippen molar-refractivity contribution < 1.29 is 5.11 Å². The molecule has 0 radical (unpaired) electrons. The molecular weight excluding hydrogens is 126 g/mol. The molecule has 2 aliphatic rings. The van der Waals surface area contributed by atoms with E-state index in [4.69, 9.17) is 5.73 Å². The van der Waals surface area contributed by atoms with Gasteiger partial charge < -0.3 is 10.8 Å². The summed E-state index contributed by atoms with van der Waals surface area (Å²) in [5.74, 6) is 0.790. The summed E-state index contributed by atoms with van der Waals surface area (Å²) in [7, 11) is 0. The van der Waals surface area contributed by atoms with Crippen LogP contribution in [0.4, 0.5) is 0 Å². The molecular formula is C8H15NO. The lowest BCUT2D eigenvalue weighted by Crippen LogP contribution is -2.37. The molecule has 2 saturated carbocycles. The van der Waals surface area contributed by atoms with Crippen molar-refractivity contribution in [3.63, 3.8) is 0 Å². The first kappa shape index (κ1) is 6.62. The molecule has 0 aromatic rings. The van der Waals surface area contributed by atoms with E-state index in [1.54, 1.807) is 0 Å². The Morgan fingerprint density at radius 2 is 2.40 bits per heavy atom. The minimum Gasteiger partial charge on any atom is -0.392 e. The first-order valence-corrected chi connectivity index (χ1v) is 4.15. The van der Waals surface area contributed by atoms with Gasteiger partial charge in [-0.1, -0.05) is 0 Å². The van der Waals surface area contributed by atoms with Crippen molar-refractivity contribution in [1.82, 2.24) is 0 Å². The van der Waals surface area contributed by atoms with Crippen LogP contribution in [0, 0.1) is 11.3 Å². The van der Waals surface area contributed by atoms with Gasteiger partial charge >= 0.3 is 0 Å². The lowest BCUT2D eigenvalue weighted by molar-refractivity contribution is 0.0464. The van der Waals surface area contributed by atoms with Gasteiger partial charge in [-0.05, 0) is 31.6 Å². The maximum absolute atomic E-state index is 9.59. The van der Waals surface area contributed by atoms with Crippen molar-refractivity contribution in [2.75, 3.05) is 6.54 Å². The topological polar surface area (TPSA) is 46.2 Å². The molecule has 2 bridgehead atoms. The van der Waals surface area contributed by atoms with Gasteiger partial charge in [-0.15, -0.1) is 0 Å². The monoisotopic (exact) mass is 141 g/mol. The third-order valence-corrected chi connectivity index (χ3v) is 3.42. The third-order valence-electron chi connectivity index (χ3n) is 3.42. The van der Waals surface area contributed by atoms with Gasteiger partial charge in [0.2, 0.25) is 0 Å². The second kappa shape index (κ2) is 1.95. The Morgan fingerprint density at radius 3 is 2.70 bits per heavy atom. The van der Waals surface area contributed by atoms with Crippen molar-refractivity contribution in [2.24, 2.45) is 17.1 Å². The molecule has 2 fully saturated rings. The van der Waals surface area contributed by atoms with Crippen molar-refractivity contribution in [1.29, 1.82) is 0 Å². The smallest absolute Gasteiger partial charge is 0.0611 e. The van der Waals surface area contributed by atoms with Crippen LogP contribution < -0.4 is 5.73 Å². The highest BCUT2D eigenvalue weighted by molar-refractivity contribution is 5.02. The highest BCUT2D eigenvalue weighted by Gasteiger charge is 2.50. The van der Waals surface area contributed by atoms with Crippen LogP contribution in [-0.2, 0) is 0 Å². The lowest BCUT2D eigenvalue weighted by Gasteiger charge is -2.29. The van der Waals surface area contributed by atoms with E-state index < -0.39 is 0 Å². The van der Waals surface area contributed by atoms with Gasteiger partial charge in [-0.25, -0.2) is 0 Å². The van der Waals surface area contributed by atoms with Crippen molar-refractivity contribution in [2.45, 2.75) is 31.8 Å². The Kier molecular flexibility index (Phi) is 1.29. The average Bonchev–Trinajstić information content (AvgIpc) is 2.44. The average molecular weight is 141 g/mol. The van der Waals surface area contributed by atoms with E-state index in [2.05, 4.69) is 0 Å². The van der Waals surface area contributed by atoms with Crippen LogP contribution in [0.1, 0.15) is 25.7 Å². The van der Waals surface area contributed by atoms with E-state index in [-0.39, 0.29) is 11.5 Å². The molecule has 0 aromatic heterocycles. The Morgan fingerprint density at radius 1 is 1.60 bits per heavy atom. The molecule has 0 heterocycles. The molecule has 0 aliphatic heterocycles. The summed E-state index contributed by atoms with van der Waals surface area (Å²) in [5, 5.41) is 9.59. The lowest BCUT2D eigenvalue weighted by atomic mass is 9.82. The zero-order valence-corrected chi connectivity index (χ0v) is 6.21. The second-order valence-electron chi connectivity index (χ2n) is 3.93. The minimum absolute atomic E-state index is 0.0868. The predicted octanol–water partition coefficient (Wildman–Crippen LogP) is 0.496. The molecule has 0 aromatic carbocycles. The van der Waals surface area contributed by atoms with Crippen LogP contribution in [0.15, 0.2) is 0 Å². The van der Waals surface area contributed by atoms with Gasteiger partial charge in [-0.2, -0.15) is 0 Å². The number of nitrogens with two attached hydrogens (primary N) is 1. The van der Waals surface area contributed by atoms with E-state index in [0.29, 0.717) is 6.54 Å². The Balaban J connectivity index is 2.19. The van der Waals surface area contributed by atoms with Gasteiger partial charge in [0.05, 0.1) is 6.10 Å². The largest absolute Gasteiger partial charge is 0.392 e. The van der Waals surface area contributed by atoms with Crippen molar-refractivity contribution >= 4 is 0 Å². The van der Waals surface area contributed by atoms with Crippen LogP contribution in [0.2, 0.25) is 0 Å². The number of rotatable bonds is 1. The second-order valence-corrected chi connectivity index (χ2v) is 3.93. The highest BCUT2D eigenvalue weighted by Crippen LogP contribution is 2.53. The SMILES string of the molecule is NCC12CCC(CC1O)C2. The molecule has 2 rings (SSSR count). The fourth-order valence-electron chi connectivity index (χ4n) is 2.66. The van der Waals surface area contributed by atoms with Crippen LogP contribution in [0.5, 0.6) is 0 Å². The molecule has 3 unspecified atom stereocenters. The van der Waals surface area contributed by atoms with Gasteiger partial charge in [0, 0.05) is 12.0 Å². The van der Waals surface area contributed by atoms with Crippen LogP contribution in [0.25, 0.3) is 0 Å². The summed E-state index contributed by atoms with van der Waals surface area (Å²) in [5.41, 5.74) is 5.78. The summed E-state index contributed by atoms with van der Waals surface area (Å²) in [6.07, 6.45) is 4.57. The Labute approximate surface area is 61.4 Å². The molecule has 10 heavy (non-hydrogen) atoms. The first-order valence-electron chi connectivity index (χ1n) is 4.15. The third kappa shape index (κ3) is 0.663. The quantitative estimate of drug-likeness (QED) is 0.558. The summed E-state index contributed by atoms with van der Waals surface area (Å²) >= 11 is 0. The fraction of sp³-hybridized carbons (Fsp3) is 1.00. The fourth-order valence-corrected chi connectivity index (χ4v) is 2.66. The summed E-state index contributed by atoms with van der Waals surface area (Å²) in [6.45, 7) is 0.685. The van der Waals surface area contributed by atoms with Crippen LogP contribution in [-0.4, -0.2) is 17.8 Å². The van der Waals surface area contributed by atoms with E-state index in [9.17, 15) is 5.11 Å². The molecule has 3 atom stereocenters. The molecule has 0 saturated heterocycles. The molecule has 2 heteroatoms. The number of hydrogen-bond acceptors (Lipinski definition) is 2. The maximum atomic E-state index is 9.59. The van der Waals surface area contributed by atoms with E-state index >= 15 is 0 Å². The standard InChI is InChI=1S/C8H15NO/c9-5-8-2-1-6(4-8)3-7(8)10/h6-7,10H,1-5,9H2. The number of aliphatic hydroxyl groups excluding tert-OH is 1. The summed E-state index contributed by atoms with van der Waals surface area (Å²) < 4.78 is 0. The van der Waals surface area contributed by atoms with Gasteiger partial charge in [-0.3, -0.25) is 0 Å². The van der Waals surface area contributed by atoms with E-state index in [1.165, 1.54) is 12.8 Å². The molecule has 3 N–H and O–H groups in total. The zero-order valence-electron chi connectivity index (χ0n) is 6.21. The normalized spacial score (nSPS) is 52.2. The highest BCUT2D eigenvalue weighted by atomic mass is 16.3. The van der Waals surface area contributed by atoms with Crippen LogP contribution in [0.3, 0.4) is 0 Å². The van der Waals surface area contributed by atoms with E-state index in [0.717, 1.165) is 18.8 Å². The number of hydrogen-bond donors (Lipinski definition) is 2. The van der Waals surface area contributed by atoms with Crippen molar-refractivity contribution in [3.05, 3.63) is 0 Å². The first-order chi connectivity index (χ1) is 4.77. The molecule has 0 spiro atoms. The summed E-state index contributed by atoms with van der Waals surface area (Å²) in [4.78, 5) is 0. The molecule has 0 amide bonds. The van der Waals surface area contributed by atoms with Crippen LogP contribution >= 0.6 is 0 Å². The number of aliphatic hydroxyl groups is 1. The summed E-state index contributed by atoms with van der Waals surface area (Å²) in [6, 6.07) is 0. The minimum atomic E-state index is -0.0868. The van der Waals surface area contributed by atoms with Gasteiger partial charge in [0.25, 0.3) is 0 Å². The zero-order chi connectivity index (χ0) is 7.19. The van der Waals surface area contributed by atoms with E-state index in [1.807, 2.05) is 0 Å². The van der Waals surface area contributed by atoms with Gasteiger partial charge in [0.1, 0.15) is 0 Å². The van der Waals surface area contributed by atoms with Gasteiger partial charge in [0.15, 0.2) is 0 Å². The Hall–Kier alpha value is -0.0800. The molecule has 2 nitrogen and oxygen atoms in total. The molecule has 2 aliphatic carbocycles. The molecule has 58 valence electrons. The number of fused-ring (bicyclic) bond motifs is 2.